The number of rotatable bonds is 4. The van der Waals surface area contributed by atoms with Crippen molar-refractivity contribution >= 4 is 17.6 Å². The van der Waals surface area contributed by atoms with Gasteiger partial charge >= 0.3 is 5.97 Å². The van der Waals surface area contributed by atoms with Crippen molar-refractivity contribution in [2.75, 3.05) is 12.4 Å². The van der Waals surface area contributed by atoms with E-state index in [1.54, 1.807) is 12.1 Å². The van der Waals surface area contributed by atoms with Gasteiger partial charge in [-0.25, -0.2) is 4.79 Å². The minimum Gasteiger partial charge on any atom is -0.496 e. The van der Waals surface area contributed by atoms with Crippen molar-refractivity contribution in [3.63, 3.8) is 0 Å². The van der Waals surface area contributed by atoms with E-state index < -0.39 is 5.97 Å². The first-order valence-electron chi connectivity index (χ1n) is 6.99. The van der Waals surface area contributed by atoms with Crippen molar-refractivity contribution in [1.82, 2.24) is 0 Å². The number of allylic oxidation sites excluding steroid dienone is 2. The summed E-state index contributed by atoms with van der Waals surface area (Å²) in [6.07, 6.45) is 6.29. The molecule has 2 bridgehead atoms. The maximum atomic E-state index is 12.3. The van der Waals surface area contributed by atoms with Crippen LogP contribution in [0.2, 0.25) is 0 Å². The van der Waals surface area contributed by atoms with Crippen LogP contribution in [-0.2, 0) is 4.79 Å². The highest BCUT2D eigenvalue weighted by atomic mass is 16.5. The topological polar surface area (TPSA) is 75.6 Å². The number of methoxy groups -OCH3 is 1. The number of fused-ring (bicyclic) bond motifs is 2. The standard InChI is InChI=1S/C16H17NO4/c1-21-14-8-11(4-5-12(14)16(19)20)17-15(18)13-7-9-2-3-10(13)6-9/h2-5,8-10,13H,6-7H2,1H3,(H,17,18)(H,19,20). The van der Waals surface area contributed by atoms with Crippen molar-refractivity contribution < 1.29 is 19.4 Å². The van der Waals surface area contributed by atoms with E-state index in [4.69, 9.17) is 9.84 Å². The molecule has 0 aliphatic heterocycles. The lowest BCUT2D eigenvalue weighted by atomic mass is 9.93. The summed E-state index contributed by atoms with van der Waals surface area (Å²) >= 11 is 0. The summed E-state index contributed by atoms with van der Waals surface area (Å²) in [6, 6.07) is 4.58. The lowest BCUT2D eigenvalue weighted by Gasteiger charge is -2.18. The molecule has 5 nitrogen and oxygen atoms in total. The van der Waals surface area contributed by atoms with Crippen LogP contribution in [0.25, 0.3) is 0 Å². The van der Waals surface area contributed by atoms with Crippen LogP contribution in [0.15, 0.2) is 30.4 Å². The van der Waals surface area contributed by atoms with Gasteiger partial charge in [0.05, 0.1) is 7.11 Å². The first kappa shape index (κ1) is 13.7. The summed E-state index contributed by atoms with van der Waals surface area (Å²) in [4.78, 5) is 23.4. The summed E-state index contributed by atoms with van der Waals surface area (Å²) in [5, 5.41) is 11.9. The molecule has 0 saturated heterocycles. The predicted molar refractivity (Wildman–Crippen MR) is 77.4 cm³/mol. The average Bonchev–Trinajstić information content (AvgIpc) is 3.09. The van der Waals surface area contributed by atoms with Gasteiger partial charge in [0.1, 0.15) is 11.3 Å². The Balaban J connectivity index is 1.74. The van der Waals surface area contributed by atoms with Gasteiger partial charge in [-0.05, 0) is 36.8 Å². The zero-order chi connectivity index (χ0) is 15.0. The molecule has 3 rings (SSSR count). The highest BCUT2D eigenvalue weighted by Crippen LogP contribution is 2.43. The van der Waals surface area contributed by atoms with Gasteiger partial charge in [0.25, 0.3) is 0 Å². The number of carbonyl (C=O) groups excluding carboxylic acids is 1. The number of hydrogen-bond donors (Lipinski definition) is 2. The molecule has 0 aromatic heterocycles. The third-order valence-electron chi connectivity index (χ3n) is 4.32. The molecule has 3 atom stereocenters. The largest absolute Gasteiger partial charge is 0.496 e. The van der Waals surface area contributed by atoms with Gasteiger partial charge in [0.2, 0.25) is 5.91 Å². The van der Waals surface area contributed by atoms with E-state index in [-0.39, 0.29) is 23.1 Å². The summed E-state index contributed by atoms with van der Waals surface area (Å²) in [7, 11) is 1.41. The highest BCUT2D eigenvalue weighted by Gasteiger charge is 2.39. The Morgan fingerprint density at radius 3 is 2.67 bits per heavy atom. The summed E-state index contributed by atoms with van der Waals surface area (Å²) in [5.41, 5.74) is 0.645. The third kappa shape index (κ3) is 2.51. The number of ether oxygens (including phenoxy) is 1. The number of benzene rings is 1. The average molecular weight is 287 g/mol. The summed E-state index contributed by atoms with van der Waals surface area (Å²) in [5.74, 6) is 0.0862. The molecular weight excluding hydrogens is 270 g/mol. The van der Waals surface area contributed by atoms with Crippen LogP contribution in [0.5, 0.6) is 5.75 Å². The number of amides is 1. The van der Waals surface area contributed by atoms with Crippen LogP contribution >= 0.6 is 0 Å². The number of nitrogens with one attached hydrogen (secondary N) is 1. The van der Waals surface area contributed by atoms with Gasteiger partial charge < -0.3 is 15.2 Å². The second kappa shape index (κ2) is 5.24. The van der Waals surface area contributed by atoms with Crippen LogP contribution in [-0.4, -0.2) is 24.1 Å². The fraction of sp³-hybridized carbons (Fsp3) is 0.375. The Morgan fingerprint density at radius 2 is 2.10 bits per heavy atom. The minimum atomic E-state index is -1.05. The van der Waals surface area contributed by atoms with E-state index in [1.807, 2.05) is 0 Å². The molecule has 0 heterocycles. The molecule has 1 aromatic carbocycles. The fourth-order valence-electron chi connectivity index (χ4n) is 3.26. The van der Waals surface area contributed by atoms with E-state index in [9.17, 15) is 9.59 Å². The van der Waals surface area contributed by atoms with Gasteiger partial charge in [-0.3, -0.25) is 4.79 Å². The number of aromatic carboxylic acids is 1. The van der Waals surface area contributed by atoms with Crippen LogP contribution < -0.4 is 10.1 Å². The maximum Gasteiger partial charge on any atom is 0.339 e. The zero-order valence-electron chi connectivity index (χ0n) is 11.7. The molecule has 0 spiro atoms. The number of hydrogen-bond acceptors (Lipinski definition) is 3. The molecule has 21 heavy (non-hydrogen) atoms. The Hall–Kier alpha value is -2.30. The number of anilines is 1. The van der Waals surface area contributed by atoms with Crippen LogP contribution in [0, 0.1) is 17.8 Å². The maximum absolute atomic E-state index is 12.3. The molecule has 3 unspecified atom stereocenters. The van der Waals surface area contributed by atoms with Gasteiger partial charge in [-0.15, -0.1) is 0 Å². The molecule has 2 aliphatic carbocycles. The molecule has 5 heteroatoms. The van der Waals surface area contributed by atoms with Gasteiger partial charge in [0.15, 0.2) is 0 Å². The van der Waals surface area contributed by atoms with E-state index >= 15 is 0 Å². The SMILES string of the molecule is COc1cc(NC(=O)C2CC3C=CC2C3)ccc1C(=O)O. The Kier molecular flexibility index (Phi) is 3.41. The molecule has 2 N–H and O–H groups in total. The quantitative estimate of drug-likeness (QED) is 0.834. The van der Waals surface area contributed by atoms with Gasteiger partial charge in [-0.1, -0.05) is 12.2 Å². The molecule has 0 radical (unpaired) electrons. The smallest absolute Gasteiger partial charge is 0.339 e. The first-order chi connectivity index (χ1) is 10.1. The zero-order valence-corrected chi connectivity index (χ0v) is 11.7. The molecule has 2 aliphatic rings. The van der Waals surface area contributed by atoms with E-state index in [0.717, 1.165) is 12.8 Å². The predicted octanol–water partition coefficient (Wildman–Crippen LogP) is 2.54. The highest BCUT2D eigenvalue weighted by molar-refractivity contribution is 5.95. The lowest BCUT2D eigenvalue weighted by Crippen LogP contribution is -2.25. The van der Waals surface area contributed by atoms with Crippen LogP contribution in [0.3, 0.4) is 0 Å². The van der Waals surface area contributed by atoms with E-state index in [0.29, 0.717) is 17.5 Å². The second-order valence-electron chi connectivity index (χ2n) is 5.60. The van der Waals surface area contributed by atoms with Gasteiger partial charge in [0, 0.05) is 17.7 Å². The summed E-state index contributed by atoms with van der Waals surface area (Å²) < 4.78 is 5.06. The molecule has 1 fully saturated rings. The number of carboxylic acids is 1. The van der Waals surface area contributed by atoms with E-state index in [2.05, 4.69) is 17.5 Å². The van der Waals surface area contributed by atoms with Crippen molar-refractivity contribution in [3.05, 3.63) is 35.9 Å². The fourth-order valence-corrected chi connectivity index (χ4v) is 3.26. The van der Waals surface area contributed by atoms with Crippen molar-refractivity contribution in [2.24, 2.45) is 17.8 Å². The van der Waals surface area contributed by atoms with Crippen LogP contribution in [0.4, 0.5) is 5.69 Å². The number of carboxylic acid groups (broad SMARTS) is 1. The second-order valence-corrected chi connectivity index (χ2v) is 5.60. The Morgan fingerprint density at radius 1 is 1.29 bits per heavy atom. The molecule has 1 saturated carbocycles. The van der Waals surface area contributed by atoms with E-state index in [1.165, 1.54) is 13.2 Å². The molecule has 1 aromatic rings. The van der Waals surface area contributed by atoms with Crippen molar-refractivity contribution in [1.29, 1.82) is 0 Å². The molecular formula is C16H17NO4. The first-order valence-corrected chi connectivity index (χ1v) is 6.99. The summed E-state index contributed by atoms with van der Waals surface area (Å²) in [6.45, 7) is 0. The van der Waals surface area contributed by atoms with Crippen LogP contribution in [0.1, 0.15) is 23.2 Å². The molecule has 110 valence electrons. The lowest BCUT2D eigenvalue weighted by molar-refractivity contribution is -0.120. The monoisotopic (exact) mass is 287 g/mol. The van der Waals surface area contributed by atoms with Crippen molar-refractivity contribution in [2.45, 2.75) is 12.8 Å². The third-order valence-corrected chi connectivity index (χ3v) is 4.32. The molecule has 1 amide bonds. The number of carbonyl (C=O) groups is 2. The van der Waals surface area contributed by atoms with Gasteiger partial charge in [-0.2, -0.15) is 0 Å². The minimum absolute atomic E-state index is 0.00280. The Labute approximate surface area is 122 Å². The Bertz CT molecular complexity index is 623. The van der Waals surface area contributed by atoms with Crippen molar-refractivity contribution in [3.8, 4) is 5.75 Å². The normalized spacial score (nSPS) is 25.9.